The van der Waals surface area contributed by atoms with Crippen molar-refractivity contribution in [3.05, 3.63) is 52.3 Å². The summed E-state index contributed by atoms with van der Waals surface area (Å²) in [6.07, 6.45) is 5.39. The lowest BCUT2D eigenvalue weighted by Gasteiger charge is -2.24. The number of methoxy groups -OCH3 is 1. The van der Waals surface area contributed by atoms with Gasteiger partial charge in [0.2, 0.25) is 5.91 Å². The third kappa shape index (κ3) is 4.41. The molecule has 1 aromatic heterocycles. The second kappa shape index (κ2) is 8.82. The average Bonchev–Trinajstić information content (AvgIpc) is 3.25. The minimum absolute atomic E-state index is 0.00499. The molecular weight excluding hydrogens is 374 g/mol. The Bertz CT molecular complexity index is 855. The summed E-state index contributed by atoms with van der Waals surface area (Å²) in [4.78, 5) is 14.8. The molecule has 1 atom stereocenters. The highest BCUT2D eigenvalue weighted by Crippen LogP contribution is 2.33. The van der Waals surface area contributed by atoms with E-state index in [1.165, 1.54) is 0 Å². The maximum atomic E-state index is 12.9. The van der Waals surface area contributed by atoms with Crippen molar-refractivity contribution in [2.45, 2.75) is 46.2 Å². The Balaban J connectivity index is 1.75. The summed E-state index contributed by atoms with van der Waals surface area (Å²) >= 11 is 6.48. The topological polar surface area (TPSA) is 47.4 Å². The molecule has 28 heavy (non-hydrogen) atoms. The summed E-state index contributed by atoms with van der Waals surface area (Å²) in [6, 6.07) is 8.06. The van der Waals surface area contributed by atoms with Crippen LogP contribution in [0, 0.1) is 12.8 Å². The van der Waals surface area contributed by atoms with E-state index < -0.39 is 0 Å². The van der Waals surface area contributed by atoms with E-state index >= 15 is 0 Å². The standard InChI is InChI=1S/C22H28ClN3O2/c1-15(2)14-26-22(23)19(16(3)24-26)11-12-21(27)25-13-5-6-20(25)17-7-9-18(28-4)10-8-17/h7-12,15,20H,5-6,13-14H2,1-4H3/b12-11+. The molecule has 2 heterocycles. The van der Waals surface area contributed by atoms with E-state index in [0.29, 0.717) is 11.1 Å². The summed E-state index contributed by atoms with van der Waals surface area (Å²) in [5.41, 5.74) is 2.79. The van der Waals surface area contributed by atoms with Crippen LogP contribution in [-0.2, 0) is 11.3 Å². The molecule has 1 saturated heterocycles. The molecule has 0 bridgehead atoms. The number of carbonyl (C=O) groups is 1. The molecule has 2 aromatic rings. The zero-order valence-corrected chi connectivity index (χ0v) is 17.7. The molecule has 1 unspecified atom stereocenters. The molecule has 3 rings (SSSR count). The summed E-state index contributed by atoms with van der Waals surface area (Å²) in [5, 5.41) is 5.09. The Hall–Kier alpha value is -2.27. The molecule has 1 aliphatic heterocycles. The van der Waals surface area contributed by atoms with Crippen LogP contribution in [0.1, 0.15) is 49.6 Å². The molecule has 1 aliphatic rings. The van der Waals surface area contributed by atoms with E-state index in [9.17, 15) is 4.79 Å². The lowest BCUT2D eigenvalue weighted by Crippen LogP contribution is -2.28. The van der Waals surface area contributed by atoms with Crippen LogP contribution < -0.4 is 4.74 Å². The van der Waals surface area contributed by atoms with Crippen LogP contribution in [0.4, 0.5) is 0 Å². The fourth-order valence-electron chi connectivity index (χ4n) is 3.68. The van der Waals surface area contributed by atoms with Crippen molar-refractivity contribution in [1.29, 1.82) is 0 Å². The van der Waals surface area contributed by atoms with Crippen molar-refractivity contribution in [2.75, 3.05) is 13.7 Å². The van der Waals surface area contributed by atoms with E-state index in [1.54, 1.807) is 19.3 Å². The highest BCUT2D eigenvalue weighted by Gasteiger charge is 2.28. The number of amides is 1. The molecule has 0 aliphatic carbocycles. The van der Waals surface area contributed by atoms with E-state index in [0.717, 1.165) is 48.5 Å². The van der Waals surface area contributed by atoms with Crippen LogP contribution in [0.2, 0.25) is 5.15 Å². The molecule has 0 saturated carbocycles. The van der Waals surface area contributed by atoms with Crippen LogP contribution in [-0.4, -0.2) is 34.2 Å². The summed E-state index contributed by atoms with van der Waals surface area (Å²) in [7, 11) is 1.65. The van der Waals surface area contributed by atoms with E-state index in [2.05, 4.69) is 18.9 Å². The largest absolute Gasteiger partial charge is 0.497 e. The monoisotopic (exact) mass is 401 g/mol. The van der Waals surface area contributed by atoms with Gasteiger partial charge in [-0.2, -0.15) is 5.10 Å². The van der Waals surface area contributed by atoms with Gasteiger partial charge in [-0.25, -0.2) is 0 Å². The number of hydrogen-bond acceptors (Lipinski definition) is 3. The number of nitrogens with zero attached hydrogens (tertiary/aromatic N) is 3. The van der Waals surface area contributed by atoms with Crippen LogP contribution in [0.3, 0.4) is 0 Å². The van der Waals surface area contributed by atoms with Gasteiger partial charge in [0.05, 0.1) is 18.8 Å². The van der Waals surface area contributed by atoms with Crippen molar-refractivity contribution < 1.29 is 9.53 Å². The molecule has 0 N–H and O–H groups in total. The number of likely N-dealkylation sites (tertiary alicyclic amines) is 1. The number of ether oxygens (including phenoxy) is 1. The van der Waals surface area contributed by atoms with Crippen LogP contribution >= 0.6 is 11.6 Å². The molecule has 0 radical (unpaired) electrons. The smallest absolute Gasteiger partial charge is 0.247 e. The number of rotatable bonds is 6. The molecule has 6 heteroatoms. The van der Waals surface area contributed by atoms with E-state index in [4.69, 9.17) is 16.3 Å². The summed E-state index contributed by atoms with van der Waals surface area (Å²) in [6.45, 7) is 7.69. The van der Waals surface area contributed by atoms with Gasteiger partial charge in [-0.3, -0.25) is 9.48 Å². The number of hydrogen-bond donors (Lipinski definition) is 0. The molecule has 5 nitrogen and oxygen atoms in total. The Morgan fingerprint density at radius 1 is 1.36 bits per heavy atom. The Morgan fingerprint density at radius 3 is 2.71 bits per heavy atom. The SMILES string of the molecule is COc1ccc(C2CCCN2C(=O)/C=C/c2c(C)nn(CC(C)C)c2Cl)cc1. The average molecular weight is 402 g/mol. The first kappa shape index (κ1) is 20.5. The highest BCUT2D eigenvalue weighted by molar-refractivity contribution is 6.31. The van der Waals surface area contributed by atoms with Crippen molar-refractivity contribution in [2.24, 2.45) is 5.92 Å². The normalized spacial score (nSPS) is 17.1. The minimum Gasteiger partial charge on any atom is -0.497 e. The zero-order valence-electron chi connectivity index (χ0n) is 17.0. The van der Waals surface area contributed by atoms with E-state index in [1.807, 2.05) is 40.8 Å². The quantitative estimate of drug-likeness (QED) is 0.647. The first-order valence-electron chi connectivity index (χ1n) is 9.76. The van der Waals surface area contributed by atoms with E-state index in [-0.39, 0.29) is 11.9 Å². The fourth-order valence-corrected chi connectivity index (χ4v) is 3.98. The lowest BCUT2D eigenvalue weighted by molar-refractivity contribution is -0.126. The third-order valence-electron chi connectivity index (χ3n) is 5.08. The zero-order chi connectivity index (χ0) is 20.3. The van der Waals surface area contributed by atoms with Crippen LogP contribution in [0.25, 0.3) is 6.08 Å². The van der Waals surface area contributed by atoms with Gasteiger partial charge < -0.3 is 9.64 Å². The Kier molecular flexibility index (Phi) is 6.45. The maximum absolute atomic E-state index is 12.9. The van der Waals surface area contributed by atoms with Crippen LogP contribution in [0.15, 0.2) is 30.3 Å². The van der Waals surface area contributed by atoms with Crippen LogP contribution in [0.5, 0.6) is 5.75 Å². The van der Waals surface area contributed by atoms with Gasteiger partial charge in [0.15, 0.2) is 0 Å². The predicted octanol–water partition coefficient (Wildman–Crippen LogP) is 4.89. The fraction of sp³-hybridized carbons (Fsp3) is 0.455. The molecule has 150 valence electrons. The molecule has 0 spiro atoms. The van der Waals surface area contributed by atoms with Crippen molar-refractivity contribution >= 4 is 23.6 Å². The Morgan fingerprint density at radius 2 is 2.07 bits per heavy atom. The van der Waals surface area contributed by atoms with Gasteiger partial charge in [-0.1, -0.05) is 37.6 Å². The number of aryl methyl sites for hydroxylation is 1. The molecular formula is C22H28ClN3O2. The van der Waals surface area contributed by atoms with Gasteiger partial charge in [0.25, 0.3) is 0 Å². The van der Waals surface area contributed by atoms with Crippen molar-refractivity contribution in [3.8, 4) is 5.75 Å². The third-order valence-corrected chi connectivity index (χ3v) is 5.48. The minimum atomic E-state index is 0.00499. The number of aromatic nitrogens is 2. The van der Waals surface area contributed by atoms with Gasteiger partial charge >= 0.3 is 0 Å². The first-order valence-corrected chi connectivity index (χ1v) is 10.1. The number of benzene rings is 1. The molecule has 1 fully saturated rings. The van der Waals surface area contributed by atoms with Crippen molar-refractivity contribution in [3.63, 3.8) is 0 Å². The lowest BCUT2D eigenvalue weighted by atomic mass is 10.0. The van der Waals surface area contributed by atoms with Crippen molar-refractivity contribution in [1.82, 2.24) is 14.7 Å². The molecule has 1 aromatic carbocycles. The number of halogens is 1. The Labute approximate surface area is 171 Å². The second-order valence-electron chi connectivity index (χ2n) is 7.66. The second-order valence-corrected chi connectivity index (χ2v) is 8.02. The highest BCUT2D eigenvalue weighted by atomic mass is 35.5. The van der Waals surface area contributed by atoms with Gasteiger partial charge in [0, 0.05) is 24.7 Å². The molecule has 1 amide bonds. The number of carbonyl (C=O) groups excluding carboxylic acids is 1. The summed E-state index contributed by atoms with van der Waals surface area (Å²) in [5.74, 6) is 1.28. The summed E-state index contributed by atoms with van der Waals surface area (Å²) < 4.78 is 7.04. The van der Waals surface area contributed by atoms with Gasteiger partial charge in [-0.15, -0.1) is 0 Å². The first-order chi connectivity index (χ1) is 13.4. The van der Waals surface area contributed by atoms with Gasteiger partial charge in [-0.05, 0) is 49.5 Å². The maximum Gasteiger partial charge on any atom is 0.247 e. The predicted molar refractivity (Wildman–Crippen MR) is 113 cm³/mol. The van der Waals surface area contributed by atoms with Gasteiger partial charge in [0.1, 0.15) is 10.9 Å².